The Balaban J connectivity index is 2.42. The molecule has 1 rings (SSSR count). The van der Waals surface area contributed by atoms with Gasteiger partial charge >= 0.3 is 0 Å². The number of aliphatic hydroxyl groups excluding tert-OH is 1. The van der Waals surface area contributed by atoms with E-state index in [1.807, 2.05) is 13.0 Å². The van der Waals surface area contributed by atoms with Crippen molar-refractivity contribution >= 4 is 5.95 Å². The maximum Gasteiger partial charge on any atom is 0.223 e. The quantitative estimate of drug-likeness (QED) is 0.638. The number of anilines is 1. The molecule has 0 bridgehead atoms. The molecule has 1 heterocycles. The van der Waals surface area contributed by atoms with Crippen molar-refractivity contribution < 1.29 is 5.11 Å². The van der Waals surface area contributed by atoms with Gasteiger partial charge in [0.05, 0.1) is 6.10 Å². The van der Waals surface area contributed by atoms with Gasteiger partial charge < -0.3 is 15.7 Å². The number of nitrogens with zero attached hydrogens (tertiary/aromatic N) is 2. The fraction of sp³-hybridized carbons (Fsp3) is 0.692. The van der Waals surface area contributed by atoms with Crippen LogP contribution in [0.15, 0.2) is 6.07 Å². The van der Waals surface area contributed by atoms with Crippen molar-refractivity contribution in [2.45, 2.75) is 39.7 Å². The van der Waals surface area contributed by atoms with E-state index in [1.165, 1.54) is 0 Å². The van der Waals surface area contributed by atoms with Crippen LogP contribution in [-0.2, 0) is 0 Å². The highest BCUT2D eigenvalue weighted by molar-refractivity contribution is 5.29. The standard InChI is InChI=1S/C13H24N4O/c1-9(2)12-7-10(3)16-13(17-12)15-6-5-14-8-11(4)18/h7,9,11,14,18H,5-6,8H2,1-4H3,(H,15,16,17). The van der Waals surface area contributed by atoms with Crippen LogP contribution < -0.4 is 10.6 Å². The molecule has 1 aromatic heterocycles. The van der Waals surface area contributed by atoms with Gasteiger partial charge in [-0.15, -0.1) is 0 Å². The zero-order chi connectivity index (χ0) is 13.5. The molecule has 0 amide bonds. The molecule has 1 aromatic rings. The summed E-state index contributed by atoms with van der Waals surface area (Å²) in [6.07, 6.45) is -0.312. The molecular weight excluding hydrogens is 228 g/mol. The number of nitrogens with one attached hydrogen (secondary N) is 2. The van der Waals surface area contributed by atoms with E-state index in [9.17, 15) is 0 Å². The minimum atomic E-state index is -0.312. The van der Waals surface area contributed by atoms with E-state index in [2.05, 4.69) is 34.4 Å². The number of rotatable bonds is 7. The maximum absolute atomic E-state index is 9.09. The lowest BCUT2D eigenvalue weighted by Gasteiger charge is -2.11. The molecule has 102 valence electrons. The lowest BCUT2D eigenvalue weighted by Crippen LogP contribution is -2.29. The van der Waals surface area contributed by atoms with E-state index in [0.29, 0.717) is 18.4 Å². The first-order valence-corrected chi connectivity index (χ1v) is 6.47. The van der Waals surface area contributed by atoms with Crippen molar-refractivity contribution in [1.82, 2.24) is 15.3 Å². The average molecular weight is 252 g/mol. The van der Waals surface area contributed by atoms with Gasteiger partial charge in [-0.2, -0.15) is 0 Å². The Morgan fingerprint density at radius 1 is 1.22 bits per heavy atom. The molecule has 0 aliphatic carbocycles. The largest absolute Gasteiger partial charge is 0.392 e. The second kappa shape index (κ2) is 7.28. The van der Waals surface area contributed by atoms with Crippen LogP contribution in [-0.4, -0.2) is 40.8 Å². The second-order valence-electron chi connectivity index (χ2n) is 4.89. The highest BCUT2D eigenvalue weighted by Crippen LogP contribution is 2.13. The fourth-order valence-electron chi connectivity index (χ4n) is 1.54. The normalized spacial score (nSPS) is 12.8. The lowest BCUT2D eigenvalue weighted by molar-refractivity contribution is 0.192. The predicted molar refractivity (Wildman–Crippen MR) is 73.9 cm³/mol. The van der Waals surface area contributed by atoms with Crippen molar-refractivity contribution in [3.05, 3.63) is 17.5 Å². The number of aromatic nitrogens is 2. The van der Waals surface area contributed by atoms with Gasteiger partial charge in [0.1, 0.15) is 0 Å². The molecule has 0 radical (unpaired) electrons. The number of hydrogen-bond acceptors (Lipinski definition) is 5. The first-order valence-electron chi connectivity index (χ1n) is 6.47. The van der Waals surface area contributed by atoms with Gasteiger partial charge in [0.2, 0.25) is 5.95 Å². The maximum atomic E-state index is 9.09. The van der Waals surface area contributed by atoms with Crippen molar-refractivity contribution in [3.63, 3.8) is 0 Å². The average Bonchev–Trinajstić information content (AvgIpc) is 2.27. The van der Waals surface area contributed by atoms with Crippen LogP contribution in [0, 0.1) is 6.92 Å². The molecule has 0 aromatic carbocycles. The molecule has 1 unspecified atom stereocenters. The lowest BCUT2D eigenvalue weighted by atomic mass is 10.1. The highest BCUT2D eigenvalue weighted by Gasteiger charge is 2.05. The molecule has 0 spiro atoms. The molecule has 0 fully saturated rings. The van der Waals surface area contributed by atoms with Crippen LogP contribution in [0.2, 0.25) is 0 Å². The molecule has 0 saturated carbocycles. The zero-order valence-corrected chi connectivity index (χ0v) is 11.7. The van der Waals surface area contributed by atoms with E-state index < -0.39 is 0 Å². The Morgan fingerprint density at radius 3 is 2.56 bits per heavy atom. The van der Waals surface area contributed by atoms with Crippen molar-refractivity contribution in [3.8, 4) is 0 Å². The summed E-state index contributed by atoms with van der Waals surface area (Å²) in [5, 5.41) is 15.4. The first-order chi connectivity index (χ1) is 8.49. The molecule has 5 nitrogen and oxygen atoms in total. The highest BCUT2D eigenvalue weighted by atomic mass is 16.3. The Labute approximate surface area is 109 Å². The van der Waals surface area contributed by atoms with Gasteiger partial charge in [0, 0.05) is 31.0 Å². The summed E-state index contributed by atoms with van der Waals surface area (Å²) in [6.45, 7) is 10.1. The third kappa shape index (κ3) is 5.42. The summed E-state index contributed by atoms with van der Waals surface area (Å²) < 4.78 is 0. The Kier molecular flexibility index (Phi) is 6.01. The molecule has 18 heavy (non-hydrogen) atoms. The third-order valence-electron chi connectivity index (χ3n) is 2.49. The molecule has 5 heteroatoms. The first kappa shape index (κ1) is 14.9. The van der Waals surface area contributed by atoms with Crippen LogP contribution in [0.25, 0.3) is 0 Å². The van der Waals surface area contributed by atoms with Crippen LogP contribution in [0.3, 0.4) is 0 Å². The van der Waals surface area contributed by atoms with Gasteiger partial charge in [-0.25, -0.2) is 9.97 Å². The number of aliphatic hydroxyl groups is 1. The monoisotopic (exact) mass is 252 g/mol. The zero-order valence-electron chi connectivity index (χ0n) is 11.7. The predicted octanol–water partition coefficient (Wildman–Crippen LogP) is 1.29. The smallest absolute Gasteiger partial charge is 0.223 e. The van der Waals surface area contributed by atoms with Crippen LogP contribution >= 0.6 is 0 Å². The fourth-order valence-corrected chi connectivity index (χ4v) is 1.54. The van der Waals surface area contributed by atoms with Gasteiger partial charge in [0.15, 0.2) is 0 Å². The Bertz CT molecular complexity index is 366. The SMILES string of the molecule is Cc1cc(C(C)C)nc(NCCNCC(C)O)n1. The molecule has 0 saturated heterocycles. The van der Waals surface area contributed by atoms with Gasteiger partial charge in [0.25, 0.3) is 0 Å². The van der Waals surface area contributed by atoms with Gasteiger partial charge in [-0.3, -0.25) is 0 Å². The summed E-state index contributed by atoms with van der Waals surface area (Å²) >= 11 is 0. The van der Waals surface area contributed by atoms with E-state index in [1.54, 1.807) is 6.92 Å². The van der Waals surface area contributed by atoms with Crippen LogP contribution in [0.1, 0.15) is 38.1 Å². The Hall–Kier alpha value is -1.20. The minimum Gasteiger partial charge on any atom is -0.392 e. The van der Waals surface area contributed by atoms with Crippen LogP contribution in [0.5, 0.6) is 0 Å². The molecule has 0 aliphatic heterocycles. The number of aryl methyl sites for hydroxylation is 1. The molecule has 1 atom stereocenters. The summed E-state index contributed by atoms with van der Waals surface area (Å²) in [4.78, 5) is 8.82. The summed E-state index contributed by atoms with van der Waals surface area (Å²) in [6, 6.07) is 2.02. The van der Waals surface area contributed by atoms with E-state index in [4.69, 9.17) is 5.11 Å². The third-order valence-corrected chi connectivity index (χ3v) is 2.49. The van der Waals surface area contributed by atoms with Crippen molar-refractivity contribution in [2.75, 3.05) is 25.0 Å². The summed E-state index contributed by atoms with van der Waals surface area (Å²) in [7, 11) is 0. The van der Waals surface area contributed by atoms with Crippen molar-refractivity contribution in [2.24, 2.45) is 0 Å². The van der Waals surface area contributed by atoms with Gasteiger partial charge in [-0.1, -0.05) is 13.8 Å². The topological polar surface area (TPSA) is 70.1 Å². The van der Waals surface area contributed by atoms with Gasteiger partial charge in [-0.05, 0) is 25.8 Å². The minimum absolute atomic E-state index is 0.312. The second-order valence-corrected chi connectivity index (χ2v) is 4.89. The van der Waals surface area contributed by atoms with Crippen molar-refractivity contribution in [1.29, 1.82) is 0 Å². The number of hydrogen-bond donors (Lipinski definition) is 3. The summed E-state index contributed by atoms with van der Waals surface area (Å²) in [5.74, 6) is 1.08. The molecule has 0 aliphatic rings. The van der Waals surface area contributed by atoms with E-state index in [0.717, 1.165) is 24.5 Å². The molecular formula is C13H24N4O. The van der Waals surface area contributed by atoms with Crippen LogP contribution in [0.4, 0.5) is 5.95 Å². The van der Waals surface area contributed by atoms with E-state index >= 15 is 0 Å². The molecule has 3 N–H and O–H groups in total. The Morgan fingerprint density at radius 2 is 1.94 bits per heavy atom. The van der Waals surface area contributed by atoms with E-state index in [-0.39, 0.29) is 6.10 Å². The summed E-state index contributed by atoms with van der Waals surface area (Å²) in [5.41, 5.74) is 2.04.